The number of fused-ring (bicyclic) bond motifs is 1. The molecule has 0 saturated carbocycles. The number of carboxylic acid groups (broad SMARTS) is 1. The highest BCUT2D eigenvalue weighted by atomic mass is 16.4. The van der Waals surface area contributed by atoms with E-state index in [4.69, 9.17) is 0 Å². The molecular weight excluding hydrogens is 246 g/mol. The predicted molar refractivity (Wildman–Crippen MR) is 70.0 cm³/mol. The molecule has 2 aromatic heterocycles. The van der Waals surface area contributed by atoms with Crippen LogP contribution in [0.1, 0.15) is 26.1 Å². The quantitative estimate of drug-likeness (QED) is 0.845. The predicted octanol–water partition coefficient (Wildman–Crippen LogP) is 1.34. The van der Waals surface area contributed by atoms with E-state index in [1.165, 1.54) is 4.63 Å². The fourth-order valence-electron chi connectivity index (χ4n) is 1.84. The Morgan fingerprint density at radius 3 is 2.79 bits per heavy atom. The standard InChI is InChI=1S/C12H17N5O2/c1-7(2)6-9(12(18)19)14-10-4-5-11-13-8(3)15-17(11)16-10/h4-5,7,9H,6H2,1-3H3,(H,14,16)(H,18,19)/t9-/m1/s1. The van der Waals surface area contributed by atoms with Crippen LogP contribution in [0, 0.1) is 12.8 Å². The van der Waals surface area contributed by atoms with E-state index in [1.54, 1.807) is 19.1 Å². The monoisotopic (exact) mass is 263 g/mol. The molecule has 0 aliphatic rings. The van der Waals surface area contributed by atoms with Gasteiger partial charge in [0, 0.05) is 0 Å². The molecule has 1 atom stereocenters. The Bertz CT molecular complexity index is 593. The van der Waals surface area contributed by atoms with Gasteiger partial charge in [-0.1, -0.05) is 13.8 Å². The Kier molecular flexibility index (Phi) is 3.64. The largest absolute Gasteiger partial charge is 0.480 e. The van der Waals surface area contributed by atoms with E-state index >= 15 is 0 Å². The molecule has 2 aromatic rings. The second kappa shape index (κ2) is 5.21. The van der Waals surface area contributed by atoms with Crippen LogP contribution in [-0.4, -0.2) is 36.9 Å². The number of aromatic nitrogens is 4. The summed E-state index contributed by atoms with van der Waals surface area (Å²) in [6, 6.07) is 2.80. The fraction of sp³-hybridized carbons (Fsp3) is 0.500. The van der Waals surface area contributed by atoms with Gasteiger partial charge in [0.2, 0.25) is 0 Å². The molecule has 19 heavy (non-hydrogen) atoms. The summed E-state index contributed by atoms with van der Waals surface area (Å²) < 4.78 is 1.39. The van der Waals surface area contributed by atoms with E-state index in [1.807, 2.05) is 13.8 Å². The van der Waals surface area contributed by atoms with Crippen molar-refractivity contribution < 1.29 is 9.90 Å². The summed E-state index contributed by atoms with van der Waals surface area (Å²) in [4.78, 5) is 15.3. The van der Waals surface area contributed by atoms with Crippen LogP contribution in [0.15, 0.2) is 12.1 Å². The van der Waals surface area contributed by atoms with Crippen LogP contribution in [0.3, 0.4) is 0 Å². The SMILES string of the molecule is Cc1nc2ccc(N[C@H](CC(C)C)C(=O)O)nn2n1. The molecule has 2 heterocycles. The Morgan fingerprint density at radius 1 is 1.42 bits per heavy atom. The molecule has 7 nitrogen and oxygen atoms in total. The van der Waals surface area contributed by atoms with Gasteiger partial charge in [-0.15, -0.1) is 14.8 Å². The Labute approximate surface area is 110 Å². The van der Waals surface area contributed by atoms with Crippen molar-refractivity contribution in [2.75, 3.05) is 5.32 Å². The van der Waals surface area contributed by atoms with Crippen LogP contribution in [0.25, 0.3) is 5.65 Å². The van der Waals surface area contributed by atoms with Gasteiger partial charge in [-0.05, 0) is 31.4 Å². The van der Waals surface area contributed by atoms with Crippen molar-refractivity contribution in [1.29, 1.82) is 0 Å². The second-order valence-electron chi connectivity index (χ2n) is 4.89. The fourth-order valence-corrected chi connectivity index (χ4v) is 1.84. The molecule has 102 valence electrons. The van der Waals surface area contributed by atoms with E-state index in [2.05, 4.69) is 20.5 Å². The molecule has 0 spiro atoms. The number of anilines is 1. The van der Waals surface area contributed by atoms with Crippen molar-refractivity contribution in [3.8, 4) is 0 Å². The van der Waals surface area contributed by atoms with Crippen LogP contribution < -0.4 is 5.32 Å². The molecular formula is C12H17N5O2. The van der Waals surface area contributed by atoms with E-state index in [9.17, 15) is 9.90 Å². The maximum absolute atomic E-state index is 11.2. The summed E-state index contributed by atoms with van der Waals surface area (Å²) in [7, 11) is 0. The average molecular weight is 263 g/mol. The van der Waals surface area contributed by atoms with Crippen molar-refractivity contribution in [3.63, 3.8) is 0 Å². The van der Waals surface area contributed by atoms with Crippen molar-refractivity contribution in [2.24, 2.45) is 5.92 Å². The molecule has 2 rings (SSSR count). The maximum atomic E-state index is 11.2. The van der Waals surface area contributed by atoms with Gasteiger partial charge in [0.05, 0.1) is 0 Å². The van der Waals surface area contributed by atoms with Crippen molar-refractivity contribution in [3.05, 3.63) is 18.0 Å². The van der Waals surface area contributed by atoms with Crippen molar-refractivity contribution >= 4 is 17.4 Å². The summed E-state index contributed by atoms with van der Waals surface area (Å²) in [5, 5.41) is 20.4. The van der Waals surface area contributed by atoms with Crippen LogP contribution in [0.5, 0.6) is 0 Å². The topological polar surface area (TPSA) is 92.4 Å². The van der Waals surface area contributed by atoms with E-state index in [0.29, 0.717) is 23.7 Å². The molecule has 0 amide bonds. The van der Waals surface area contributed by atoms with Crippen LogP contribution in [-0.2, 0) is 4.79 Å². The van der Waals surface area contributed by atoms with Gasteiger partial charge < -0.3 is 10.4 Å². The highest BCUT2D eigenvalue weighted by Gasteiger charge is 2.19. The number of rotatable bonds is 5. The maximum Gasteiger partial charge on any atom is 0.326 e. The molecule has 0 bridgehead atoms. The number of carbonyl (C=O) groups is 1. The van der Waals surface area contributed by atoms with Crippen LogP contribution >= 0.6 is 0 Å². The molecule has 0 unspecified atom stereocenters. The third-order valence-electron chi connectivity index (χ3n) is 2.64. The normalized spacial score (nSPS) is 12.8. The first-order chi connectivity index (χ1) is 8.95. The average Bonchev–Trinajstić information content (AvgIpc) is 2.66. The first-order valence-electron chi connectivity index (χ1n) is 6.15. The zero-order valence-electron chi connectivity index (χ0n) is 11.2. The molecule has 2 N–H and O–H groups in total. The summed E-state index contributed by atoms with van der Waals surface area (Å²) in [6.07, 6.45) is 0.533. The summed E-state index contributed by atoms with van der Waals surface area (Å²) in [5.41, 5.74) is 0.638. The number of nitrogens with one attached hydrogen (secondary N) is 1. The number of hydrogen-bond donors (Lipinski definition) is 2. The van der Waals surface area contributed by atoms with Gasteiger partial charge in [-0.2, -0.15) is 0 Å². The number of aryl methyl sites for hydroxylation is 1. The van der Waals surface area contributed by atoms with Crippen LogP contribution in [0.2, 0.25) is 0 Å². The van der Waals surface area contributed by atoms with Gasteiger partial charge in [-0.3, -0.25) is 0 Å². The first kappa shape index (κ1) is 13.3. The molecule has 7 heteroatoms. The van der Waals surface area contributed by atoms with Crippen LogP contribution in [0.4, 0.5) is 5.82 Å². The highest BCUT2D eigenvalue weighted by Crippen LogP contribution is 2.12. The molecule has 0 fully saturated rings. The Balaban J connectivity index is 2.20. The van der Waals surface area contributed by atoms with Gasteiger partial charge in [0.15, 0.2) is 5.65 Å². The van der Waals surface area contributed by atoms with E-state index in [0.717, 1.165) is 0 Å². The summed E-state index contributed by atoms with van der Waals surface area (Å²) in [6.45, 7) is 5.74. The van der Waals surface area contributed by atoms with Gasteiger partial charge >= 0.3 is 5.97 Å². The minimum atomic E-state index is -0.884. The summed E-state index contributed by atoms with van der Waals surface area (Å²) in [5.74, 6) is 0.503. The van der Waals surface area contributed by atoms with E-state index in [-0.39, 0.29) is 5.92 Å². The Morgan fingerprint density at radius 2 is 2.16 bits per heavy atom. The van der Waals surface area contributed by atoms with E-state index < -0.39 is 12.0 Å². The van der Waals surface area contributed by atoms with Gasteiger partial charge in [0.1, 0.15) is 17.7 Å². The summed E-state index contributed by atoms with van der Waals surface area (Å²) >= 11 is 0. The number of carboxylic acids is 1. The lowest BCUT2D eigenvalue weighted by molar-refractivity contribution is -0.138. The molecule has 0 saturated heterocycles. The van der Waals surface area contributed by atoms with Crippen molar-refractivity contribution in [2.45, 2.75) is 33.2 Å². The second-order valence-corrected chi connectivity index (χ2v) is 4.89. The molecule has 0 aliphatic carbocycles. The first-order valence-corrected chi connectivity index (χ1v) is 6.15. The molecule has 0 radical (unpaired) electrons. The number of aliphatic carboxylic acids is 1. The number of hydrogen-bond acceptors (Lipinski definition) is 5. The minimum Gasteiger partial charge on any atom is -0.480 e. The molecule has 0 aromatic carbocycles. The zero-order chi connectivity index (χ0) is 14.0. The lowest BCUT2D eigenvalue weighted by atomic mass is 10.0. The van der Waals surface area contributed by atoms with Gasteiger partial charge in [-0.25, -0.2) is 9.78 Å². The zero-order valence-corrected chi connectivity index (χ0v) is 11.2. The highest BCUT2D eigenvalue weighted by molar-refractivity contribution is 5.76. The third-order valence-corrected chi connectivity index (χ3v) is 2.64. The minimum absolute atomic E-state index is 0.283. The van der Waals surface area contributed by atoms with Crippen molar-refractivity contribution in [1.82, 2.24) is 19.8 Å². The Hall–Kier alpha value is -2.18. The van der Waals surface area contributed by atoms with Gasteiger partial charge in [0.25, 0.3) is 0 Å². The smallest absolute Gasteiger partial charge is 0.326 e. The third kappa shape index (κ3) is 3.18. The lowest BCUT2D eigenvalue weighted by Crippen LogP contribution is -2.31. The molecule has 0 aliphatic heterocycles. The number of nitrogens with zero attached hydrogens (tertiary/aromatic N) is 4. The lowest BCUT2D eigenvalue weighted by Gasteiger charge is -2.16.